The Hall–Kier alpha value is -4.22. The summed E-state index contributed by atoms with van der Waals surface area (Å²) in [6.45, 7) is 2.26. The third-order valence-electron chi connectivity index (χ3n) is 6.06. The van der Waals surface area contributed by atoms with Crippen LogP contribution in [0.2, 0.25) is 0 Å². The number of thioether (sulfide) groups is 1. The largest absolute Gasteiger partial charge is 0.322 e. The van der Waals surface area contributed by atoms with Crippen LogP contribution in [0.1, 0.15) is 32.6 Å². The minimum atomic E-state index is -3.89. The van der Waals surface area contributed by atoms with Crippen LogP contribution in [0.3, 0.4) is 0 Å². The van der Waals surface area contributed by atoms with Gasteiger partial charge in [-0.05, 0) is 60.5 Å². The molecule has 0 spiro atoms. The quantitative estimate of drug-likeness (QED) is 0.323. The van der Waals surface area contributed by atoms with Crippen molar-refractivity contribution in [1.29, 1.82) is 0 Å². The van der Waals surface area contributed by atoms with Gasteiger partial charge in [-0.25, -0.2) is 23.1 Å². The van der Waals surface area contributed by atoms with E-state index in [1.165, 1.54) is 30.5 Å². The van der Waals surface area contributed by atoms with Crippen LogP contribution in [-0.4, -0.2) is 40.9 Å². The van der Waals surface area contributed by atoms with E-state index in [4.69, 9.17) is 0 Å². The smallest absolute Gasteiger partial charge is 0.264 e. The van der Waals surface area contributed by atoms with Gasteiger partial charge >= 0.3 is 0 Å². The molecule has 1 atom stereocenters. The van der Waals surface area contributed by atoms with Crippen molar-refractivity contribution < 1.29 is 18.0 Å². The van der Waals surface area contributed by atoms with Gasteiger partial charge in [0, 0.05) is 29.7 Å². The minimum Gasteiger partial charge on any atom is -0.322 e. The average Bonchev–Trinajstić information content (AvgIpc) is 3.29. The summed E-state index contributed by atoms with van der Waals surface area (Å²) in [5.41, 5.74) is 3.53. The van der Waals surface area contributed by atoms with Gasteiger partial charge in [-0.1, -0.05) is 42.5 Å². The Balaban J connectivity index is 1.23. The number of hydrogen-bond donors (Lipinski definition) is 2. The van der Waals surface area contributed by atoms with E-state index in [2.05, 4.69) is 20.0 Å². The van der Waals surface area contributed by atoms with Crippen LogP contribution in [0.4, 0.5) is 11.6 Å². The molecule has 198 valence electrons. The van der Waals surface area contributed by atoms with Gasteiger partial charge in [0.05, 0.1) is 10.6 Å². The fraction of sp³-hybridized carbons (Fsp3) is 0.143. The Bertz CT molecular complexity index is 1600. The molecular weight excluding hydrogens is 534 g/mol. The van der Waals surface area contributed by atoms with E-state index in [1.54, 1.807) is 36.9 Å². The van der Waals surface area contributed by atoms with Crippen molar-refractivity contribution in [1.82, 2.24) is 14.9 Å². The fourth-order valence-corrected chi connectivity index (χ4v) is 6.22. The maximum absolute atomic E-state index is 12.8. The summed E-state index contributed by atoms with van der Waals surface area (Å²) in [6.07, 6.45) is 1.47. The minimum absolute atomic E-state index is 0.0126. The van der Waals surface area contributed by atoms with Crippen LogP contribution in [0.25, 0.3) is 0 Å². The number of carbonyl (C=O) groups is 2. The van der Waals surface area contributed by atoms with Gasteiger partial charge in [0.25, 0.3) is 15.9 Å². The highest BCUT2D eigenvalue weighted by atomic mass is 32.2. The predicted molar refractivity (Wildman–Crippen MR) is 151 cm³/mol. The molecule has 1 saturated heterocycles. The standard InChI is InChI=1S/C28H25N5O4S2/c1-19-15-16-29-28(30-19)32-39(36,37)24-13-11-23(12-14-24)31-26(35)21-7-9-22(10-8-21)27-33(25(34)18-38-27)17-20-5-3-2-4-6-20/h2-16,27H,17-18H2,1H3,(H,31,35)(H,29,30,32). The Morgan fingerprint density at radius 1 is 1.00 bits per heavy atom. The molecule has 5 rings (SSSR count). The van der Waals surface area contributed by atoms with Crippen molar-refractivity contribution in [2.75, 3.05) is 15.8 Å². The number of sulfonamides is 1. The summed E-state index contributed by atoms with van der Waals surface area (Å²) in [6, 6.07) is 24.5. The van der Waals surface area contributed by atoms with Crippen LogP contribution < -0.4 is 10.0 Å². The zero-order chi connectivity index (χ0) is 27.4. The molecular formula is C28H25N5O4S2. The van der Waals surface area contributed by atoms with E-state index >= 15 is 0 Å². The summed E-state index contributed by atoms with van der Waals surface area (Å²) in [5, 5.41) is 2.66. The van der Waals surface area contributed by atoms with Crippen LogP contribution in [0, 0.1) is 6.92 Å². The highest BCUT2D eigenvalue weighted by molar-refractivity contribution is 8.00. The number of nitrogens with one attached hydrogen (secondary N) is 2. The maximum atomic E-state index is 12.8. The summed E-state index contributed by atoms with van der Waals surface area (Å²) < 4.78 is 27.6. The van der Waals surface area contributed by atoms with Crippen molar-refractivity contribution in [3.8, 4) is 0 Å². The Labute approximate surface area is 230 Å². The highest BCUT2D eigenvalue weighted by Gasteiger charge is 2.32. The molecule has 1 aliphatic heterocycles. The Kier molecular flexibility index (Phi) is 7.62. The molecule has 3 aromatic carbocycles. The van der Waals surface area contributed by atoms with Crippen LogP contribution >= 0.6 is 11.8 Å². The number of nitrogens with zero attached hydrogens (tertiary/aromatic N) is 3. The second-order valence-corrected chi connectivity index (χ2v) is 11.6. The summed E-state index contributed by atoms with van der Waals surface area (Å²) in [4.78, 5) is 35.2. The molecule has 0 saturated carbocycles. The molecule has 1 aromatic heterocycles. The number of rotatable bonds is 8. The van der Waals surface area contributed by atoms with Gasteiger partial charge < -0.3 is 10.2 Å². The van der Waals surface area contributed by atoms with Crippen molar-refractivity contribution in [2.24, 2.45) is 0 Å². The second kappa shape index (κ2) is 11.3. The van der Waals surface area contributed by atoms with Gasteiger partial charge in [0.1, 0.15) is 5.37 Å². The lowest BCUT2D eigenvalue weighted by Crippen LogP contribution is -2.27. The van der Waals surface area contributed by atoms with E-state index in [-0.39, 0.29) is 28.0 Å². The molecule has 39 heavy (non-hydrogen) atoms. The van der Waals surface area contributed by atoms with E-state index in [1.807, 2.05) is 47.4 Å². The van der Waals surface area contributed by atoms with E-state index in [0.717, 1.165) is 11.1 Å². The van der Waals surface area contributed by atoms with Crippen molar-refractivity contribution in [3.63, 3.8) is 0 Å². The first kappa shape index (κ1) is 26.4. The molecule has 1 fully saturated rings. The normalized spacial score (nSPS) is 15.3. The van der Waals surface area contributed by atoms with Gasteiger partial charge in [0.2, 0.25) is 11.9 Å². The molecule has 0 aliphatic carbocycles. The molecule has 4 aromatic rings. The van der Waals surface area contributed by atoms with Crippen molar-refractivity contribution >= 4 is 45.2 Å². The molecule has 9 nitrogen and oxygen atoms in total. The van der Waals surface area contributed by atoms with E-state index < -0.39 is 10.0 Å². The fourth-order valence-electron chi connectivity index (χ4n) is 4.08. The van der Waals surface area contributed by atoms with Crippen molar-refractivity contribution in [3.05, 3.63) is 114 Å². The summed E-state index contributed by atoms with van der Waals surface area (Å²) >= 11 is 1.57. The third kappa shape index (κ3) is 6.27. The van der Waals surface area contributed by atoms with Gasteiger partial charge in [0.15, 0.2) is 0 Å². The number of anilines is 2. The Morgan fingerprint density at radius 2 is 1.72 bits per heavy atom. The van der Waals surface area contributed by atoms with Crippen LogP contribution in [0.15, 0.2) is 96.0 Å². The number of aromatic nitrogens is 2. The van der Waals surface area contributed by atoms with Crippen LogP contribution in [0.5, 0.6) is 0 Å². The van der Waals surface area contributed by atoms with Gasteiger partial charge in [-0.15, -0.1) is 11.8 Å². The molecule has 11 heteroatoms. The first-order chi connectivity index (χ1) is 18.8. The molecule has 0 bridgehead atoms. The molecule has 2 amide bonds. The number of amides is 2. The second-order valence-electron chi connectivity index (χ2n) is 8.90. The van der Waals surface area contributed by atoms with Gasteiger partial charge in [-0.2, -0.15) is 0 Å². The third-order valence-corrected chi connectivity index (χ3v) is 8.66. The summed E-state index contributed by atoms with van der Waals surface area (Å²) in [7, 11) is -3.89. The molecule has 1 aliphatic rings. The SMILES string of the molecule is Cc1ccnc(NS(=O)(=O)c2ccc(NC(=O)c3ccc(C4SCC(=O)N4Cc4ccccc4)cc3)cc2)n1. The Morgan fingerprint density at radius 3 is 2.41 bits per heavy atom. The number of aryl methyl sites for hydroxylation is 1. The zero-order valence-corrected chi connectivity index (χ0v) is 22.6. The topological polar surface area (TPSA) is 121 Å². The first-order valence-corrected chi connectivity index (χ1v) is 14.6. The number of benzene rings is 3. The van der Waals surface area contributed by atoms with Crippen LogP contribution in [-0.2, 0) is 21.4 Å². The highest BCUT2D eigenvalue weighted by Crippen LogP contribution is 2.39. The lowest BCUT2D eigenvalue weighted by atomic mass is 10.1. The number of carbonyl (C=O) groups excluding carboxylic acids is 2. The lowest BCUT2D eigenvalue weighted by Gasteiger charge is -2.24. The monoisotopic (exact) mass is 559 g/mol. The summed E-state index contributed by atoms with van der Waals surface area (Å²) in [5.74, 6) is 0.153. The molecule has 1 unspecified atom stereocenters. The van der Waals surface area contributed by atoms with E-state index in [0.29, 0.717) is 29.2 Å². The molecule has 0 radical (unpaired) electrons. The zero-order valence-electron chi connectivity index (χ0n) is 20.9. The van der Waals surface area contributed by atoms with Crippen molar-refractivity contribution in [2.45, 2.75) is 23.7 Å². The average molecular weight is 560 g/mol. The lowest BCUT2D eigenvalue weighted by molar-refractivity contribution is -0.128. The first-order valence-electron chi connectivity index (χ1n) is 12.1. The molecule has 2 heterocycles. The van der Waals surface area contributed by atoms with Gasteiger partial charge in [-0.3, -0.25) is 9.59 Å². The van der Waals surface area contributed by atoms with E-state index in [9.17, 15) is 18.0 Å². The maximum Gasteiger partial charge on any atom is 0.264 e. The number of hydrogen-bond acceptors (Lipinski definition) is 7. The molecule has 2 N–H and O–H groups in total. The predicted octanol–water partition coefficient (Wildman–Crippen LogP) is 4.61.